The molecule has 1 amide bonds. The van der Waals surface area contributed by atoms with Crippen molar-refractivity contribution in [3.8, 4) is 0 Å². The summed E-state index contributed by atoms with van der Waals surface area (Å²) in [5.74, 6) is 0.0465. The molecule has 132 valence electrons. The number of halogens is 2. The van der Waals surface area contributed by atoms with E-state index in [9.17, 15) is 14.9 Å². The summed E-state index contributed by atoms with van der Waals surface area (Å²) >= 11 is 3.37. The van der Waals surface area contributed by atoms with Crippen LogP contribution >= 0.6 is 15.9 Å². The van der Waals surface area contributed by atoms with Crippen molar-refractivity contribution in [1.82, 2.24) is 4.90 Å². The first-order valence-electron chi connectivity index (χ1n) is 7.69. The van der Waals surface area contributed by atoms with Gasteiger partial charge in [0.2, 0.25) is 0 Å². The third-order valence-corrected chi connectivity index (χ3v) is 4.76. The van der Waals surface area contributed by atoms with Crippen molar-refractivity contribution in [3.05, 3.63) is 68.7 Å². The minimum absolute atomic E-state index is 0. The lowest BCUT2D eigenvalue weighted by Gasteiger charge is -2.32. The molecule has 1 heterocycles. The zero-order chi connectivity index (χ0) is 17.1. The number of amides is 1. The summed E-state index contributed by atoms with van der Waals surface area (Å²) in [6, 6.07) is 14.0. The number of non-ortho nitro benzene ring substituents is 1. The number of hydrogen-bond donors (Lipinski definition) is 1. The van der Waals surface area contributed by atoms with E-state index in [4.69, 9.17) is 0 Å². The Hall–Kier alpha value is -1.96. The van der Waals surface area contributed by atoms with Gasteiger partial charge >= 0.3 is 0 Å². The van der Waals surface area contributed by atoms with Gasteiger partial charge in [-0.15, -0.1) is 0 Å². The van der Waals surface area contributed by atoms with E-state index >= 15 is 0 Å². The number of nitro groups is 1. The van der Waals surface area contributed by atoms with Gasteiger partial charge in [-0.1, -0.05) is 15.9 Å². The lowest BCUT2D eigenvalue weighted by atomic mass is 10.1. The summed E-state index contributed by atoms with van der Waals surface area (Å²) in [5, 5.41) is 10.7. The van der Waals surface area contributed by atoms with Gasteiger partial charge in [0, 0.05) is 34.3 Å². The number of piperazine rings is 1. The van der Waals surface area contributed by atoms with E-state index in [2.05, 4.69) is 15.9 Å². The van der Waals surface area contributed by atoms with Crippen LogP contribution in [0.4, 0.5) is 11.4 Å². The molecule has 0 saturated carbocycles. The second-order valence-electron chi connectivity index (χ2n) is 5.71. The molecule has 6 nitrogen and oxygen atoms in total. The van der Waals surface area contributed by atoms with Crippen molar-refractivity contribution >= 4 is 33.2 Å². The number of rotatable bonds is 3. The topological polar surface area (TPSA) is 67.9 Å². The van der Waals surface area contributed by atoms with E-state index in [1.54, 1.807) is 12.1 Å². The molecular formula is C17H17BrClN3O3. The van der Waals surface area contributed by atoms with Crippen LogP contribution in [0, 0.1) is 10.1 Å². The van der Waals surface area contributed by atoms with Crippen LogP contribution in [0.5, 0.6) is 0 Å². The van der Waals surface area contributed by atoms with Gasteiger partial charge in [0.1, 0.15) is 5.69 Å². The van der Waals surface area contributed by atoms with Crippen LogP contribution in [0.3, 0.4) is 0 Å². The number of quaternary nitrogens is 1. The van der Waals surface area contributed by atoms with Crippen LogP contribution in [-0.4, -0.2) is 41.9 Å². The molecule has 8 heteroatoms. The van der Waals surface area contributed by atoms with Gasteiger partial charge in [0.15, 0.2) is 0 Å². The molecule has 0 aromatic heterocycles. The van der Waals surface area contributed by atoms with Gasteiger partial charge in [0.25, 0.3) is 11.6 Å². The van der Waals surface area contributed by atoms with Gasteiger partial charge < -0.3 is 17.3 Å². The van der Waals surface area contributed by atoms with E-state index in [0.29, 0.717) is 18.7 Å². The Morgan fingerprint density at radius 1 is 1.04 bits per heavy atom. The Labute approximate surface area is 160 Å². The Bertz CT molecular complexity index is 745. The highest BCUT2D eigenvalue weighted by Crippen LogP contribution is 2.14. The average molecular weight is 427 g/mol. The largest absolute Gasteiger partial charge is 1.00 e. The molecule has 0 bridgehead atoms. The molecule has 3 rings (SSSR count). The van der Waals surface area contributed by atoms with Crippen LogP contribution in [0.1, 0.15) is 10.4 Å². The van der Waals surface area contributed by atoms with Crippen LogP contribution in [-0.2, 0) is 0 Å². The first kappa shape index (κ1) is 19.4. The molecule has 0 radical (unpaired) electrons. The van der Waals surface area contributed by atoms with E-state index in [-0.39, 0.29) is 24.0 Å². The number of nitrogens with zero attached hydrogens (tertiary/aromatic N) is 2. The fourth-order valence-electron chi connectivity index (χ4n) is 2.86. The predicted octanol–water partition coefficient (Wildman–Crippen LogP) is -0.966. The minimum atomic E-state index is -0.395. The Kier molecular flexibility index (Phi) is 6.52. The molecule has 0 spiro atoms. The van der Waals surface area contributed by atoms with Crippen molar-refractivity contribution in [2.45, 2.75) is 0 Å². The van der Waals surface area contributed by atoms with E-state index < -0.39 is 4.92 Å². The Morgan fingerprint density at radius 2 is 1.60 bits per heavy atom. The summed E-state index contributed by atoms with van der Waals surface area (Å²) in [7, 11) is 0. The normalized spacial score (nSPS) is 14.7. The van der Waals surface area contributed by atoms with Crippen molar-refractivity contribution < 1.29 is 27.0 Å². The zero-order valence-corrected chi connectivity index (χ0v) is 15.7. The summed E-state index contributed by atoms with van der Waals surface area (Å²) in [6.07, 6.45) is 0. The van der Waals surface area contributed by atoms with Gasteiger partial charge in [-0.25, -0.2) is 0 Å². The second kappa shape index (κ2) is 8.42. The SMILES string of the molecule is O=C(c1ccc(Br)cc1)N1CC[NH+](c2ccc([N+](=O)[O-])cc2)CC1.[Cl-]. The third-order valence-electron chi connectivity index (χ3n) is 4.23. The maximum atomic E-state index is 12.5. The molecule has 0 atom stereocenters. The third kappa shape index (κ3) is 4.56. The molecule has 2 aromatic carbocycles. The van der Waals surface area contributed by atoms with E-state index in [1.165, 1.54) is 17.0 Å². The first-order chi connectivity index (χ1) is 11.5. The maximum Gasteiger partial charge on any atom is 0.269 e. The van der Waals surface area contributed by atoms with Gasteiger partial charge in [-0.05, 0) is 24.3 Å². The fraction of sp³-hybridized carbons (Fsp3) is 0.235. The molecule has 1 aliphatic rings. The molecule has 0 unspecified atom stereocenters. The Morgan fingerprint density at radius 3 is 2.12 bits per heavy atom. The molecule has 1 N–H and O–H groups in total. The van der Waals surface area contributed by atoms with Crippen molar-refractivity contribution in [3.63, 3.8) is 0 Å². The summed E-state index contributed by atoms with van der Waals surface area (Å²) in [6.45, 7) is 2.92. The lowest BCUT2D eigenvalue weighted by Crippen LogP contribution is -3.10. The number of hydrogen-bond acceptors (Lipinski definition) is 3. The number of nitro benzene ring substituents is 1. The number of nitrogens with one attached hydrogen (secondary N) is 1. The van der Waals surface area contributed by atoms with Crippen molar-refractivity contribution in [1.29, 1.82) is 0 Å². The summed E-state index contributed by atoms with van der Waals surface area (Å²) in [5.41, 5.74) is 1.82. The predicted molar refractivity (Wildman–Crippen MR) is 93.5 cm³/mol. The molecular weight excluding hydrogens is 410 g/mol. The van der Waals surface area contributed by atoms with Crippen LogP contribution in [0.25, 0.3) is 0 Å². The molecule has 1 saturated heterocycles. The minimum Gasteiger partial charge on any atom is -1.00 e. The van der Waals surface area contributed by atoms with Gasteiger partial charge in [-0.3, -0.25) is 19.8 Å². The second-order valence-corrected chi connectivity index (χ2v) is 6.62. The molecule has 1 aliphatic heterocycles. The lowest BCUT2D eigenvalue weighted by molar-refractivity contribution is -0.837. The number of benzene rings is 2. The maximum absolute atomic E-state index is 12.5. The highest BCUT2D eigenvalue weighted by Gasteiger charge is 2.25. The Balaban J connectivity index is 0.00000225. The first-order valence-corrected chi connectivity index (χ1v) is 8.48. The van der Waals surface area contributed by atoms with Crippen molar-refractivity contribution in [2.75, 3.05) is 26.2 Å². The molecule has 25 heavy (non-hydrogen) atoms. The zero-order valence-electron chi connectivity index (χ0n) is 13.3. The van der Waals surface area contributed by atoms with Crippen molar-refractivity contribution in [2.24, 2.45) is 0 Å². The molecule has 1 fully saturated rings. The summed E-state index contributed by atoms with van der Waals surface area (Å²) < 4.78 is 0.950. The highest BCUT2D eigenvalue weighted by atomic mass is 79.9. The fourth-order valence-corrected chi connectivity index (χ4v) is 3.13. The summed E-state index contributed by atoms with van der Waals surface area (Å²) in [4.78, 5) is 25.9. The quantitative estimate of drug-likeness (QED) is 0.507. The number of carbonyl (C=O) groups excluding carboxylic acids is 1. The van der Waals surface area contributed by atoms with Gasteiger partial charge in [0.05, 0.1) is 31.1 Å². The highest BCUT2D eigenvalue weighted by molar-refractivity contribution is 9.10. The van der Waals surface area contributed by atoms with Gasteiger partial charge in [-0.2, -0.15) is 0 Å². The standard InChI is InChI=1S/C17H16BrN3O3.ClH/c18-14-3-1-13(2-4-14)17(22)20-11-9-19(10-12-20)15-5-7-16(8-6-15)21(23)24;/h1-8H,9-12H2;1H. The monoisotopic (exact) mass is 425 g/mol. The molecule has 2 aromatic rings. The van der Waals surface area contributed by atoms with E-state index in [0.717, 1.165) is 23.2 Å². The number of carbonyl (C=O) groups is 1. The average Bonchev–Trinajstić information content (AvgIpc) is 2.62. The van der Waals surface area contributed by atoms with Crippen LogP contribution in [0.2, 0.25) is 0 Å². The van der Waals surface area contributed by atoms with E-state index in [1.807, 2.05) is 29.2 Å². The smallest absolute Gasteiger partial charge is 0.269 e. The van der Waals surface area contributed by atoms with Crippen LogP contribution < -0.4 is 17.3 Å². The molecule has 0 aliphatic carbocycles. The van der Waals surface area contributed by atoms with Crippen LogP contribution in [0.15, 0.2) is 53.0 Å².